The molecule has 3 N–H and O–H groups in total. The first kappa shape index (κ1) is 16.2. The largest absolute Gasteiger partial charge is 0.497 e. The maximum atomic E-state index is 12.0. The third-order valence-electron chi connectivity index (χ3n) is 3.51. The van der Waals surface area contributed by atoms with Crippen LogP contribution < -0.4 is 10.3 Å². The lowest BCUT2D eigenvalue weighted by Crippen LogP contribution is -1.96. The summed E-state index contributed by atoms with van der Waals surface area (Å²) in [6.07, 6.45) is 0. The van der Waals surface area contributed by atoms with Gasteiger partial charge in [-0.1, -0.05) is 0 Å². The molecule has 0 radical (unpaired) electrons. The van der Waals surface area contributed by atoms with Gasteiger partial charge in [-0.2, -0.15) is 5.11 Å². The Morgan fingerprint density at radius 2 is 1.68 bits per heavy atom. The number of aromatic nitrogens is 2. The van der Waals surface area contributed by atoms with Gasteiger partial charge in [0, 0.05) is 5.56 Å². The van der Waals surface area contributed by atoms with Crippen molar-refractivity contribution in [3.05, 3.63) is 64.4 Å². The van der Waals surface area contributed by atoms with Crippen LogP contribution in [0.3, 0.4) is 0 Å². The van der Waals surface area contributed by atoms with Crippen LogP contribution in [0.15, 0.2) is 63.6 Å². The van der Waals surface area contributed by atoms with Crippen molar-refractivity contribution in [1.29, 1.82) is 0 Å². The molecule has 0 atom stereocenters. The molecule has 2 aromatic carbocycles. The number of hydrogen-bond donors (Lipinski definition) is 3. The van der Waals surface area contributed by atoms with Gasteiger partial charge in [0.1, 0.15) is 5.75 Å². The molecule has 3 rings (SSSR count). The van der Waals surface area contributed by atoms with Crippen LogP contribution in [0, 0.1) is 0 Å². The predicted molar refractivity (Wildman–Crippen MR) is 91.0 cm³/mol. The van der Waals surface area contributed by atoms with E-state index in [0.29, 0.717) is 17.1 Å². The van der Waals surface area contributed by atoms with Gasteiger partial charge in [0.15, 0.2) is 5.69 Å². The molecule has 8 nitrogen and oxygen atoms in total. The molecule has 0 bridgehead atoms. The van der Waals surface area contributed by atoms with Crippen LogP contribution in [0.4, 0.5) is 11.4 Å². The molecule has 3 aromatic rings. The van der Waals surface area contributed by atoms with Crippen molar-refractivity contribution in [2.75, 3.05) is 7.11 Å². The number of nitrogens with one attached hydrogen (secondary N) is 2. The Balaban J connectivity index is 1.91. The zero-order valence-electron chi connectivity index (χ0n) is 13.2. The summed E-state index contributed by atoms with van der Waals surface area (Å²) in [6.45, 7) is 0. The lowest BCUT2D eigenvalue weighted by molar-refractivity contribution is 0.0697. The first-order valence-electron chi connectivity index (χ1n) is 7.28. The Labute approximate surface area is 141 Å². The van der Waals surface area contributed by atoms with E-state index in [2.05, 4.69) is 20.4 Å². The first-order chi connectivity index (χ1) is 12.1. The molecular formula is C17H14N4O4. The van der Waals surface area contributed by atoms with E-state index in [1.807, 2.05) is 0 Å². The van der Waals surface area contributed by atoms with E-state index in [-0.39, 0.29) is 11.3 Å². The topological polar surface area (TPSA) is 120 Å². The van der Waals surface area contributed by atoms with Crippen LogP contribution >= 0.6 is 0 Å². The molecule has 0 fully saturated rings. The molecule has 1 heterocycles. The summed E-state index contributed by atoms with van der Waals surface area (Å²) in [7, 11) is 1.57. The van der Waals surface area contributed by atoms with Gasteiger partial charge in [0.25, 0.3) is 5.56 Å². The number of carboxylic acids is 1. The summed E-state index contributed by atoms with van der Waals surface area (Å²) in [5, 5.41) is 22.1. The van der Waals surface area contributed by atoms with E-state index < -0.39 is 11.5 Å². The minimum atomic E-state index is -1.02. The fourth-order valence-electron chi connectivity index (χ4n) is 2.19. The van der Waals surface area contributed by atoms with Crippen molar-refractivity contribution in [3.63, 3.8) is 0 Å². The maximum absolute atomic E-state index is 12.0. The minimum Gasteiger partial charge on any atom is -0.497 e. The number of hydrogen-bond acceptors (Lipinski definition) is 5. The first-order valence-corrected chi connectivity index (χ1v) is 7.28. The van der Waals surface area contributed by atoms with E-state index >= 15 is 0 Å². The van der Waals surface area contributed by atoms with Crippen LogP contribution in [0.1, 0.15) is 10.4 Å². The molecule has 0 aliphatic carbocycles. The molecule has 25 heavy (non-hydrogen) atoms. The van der Waals surface area contributed by atoms with Gasteiger partial charge in [-0.25, -0.2) is 4.79 Å². The number of rotatable bonds is 5. The molecule has 0 amide bonds. The molecule has 0 saturated heterocycles. The Kier molecular flexibility index (Phi) is 4.42. The van der Waals surface area contributed by atoms with Gasteiger partial charge in [0.05, 0.1) is 24.1 Å². The number of carbonyl (C=O) groups is 1. The SMILES string of the molecule is COc1ccc(-c2[nH][nH]c(=O)c2N=Nc2ccc(C(=O)O)cc2)cc1. The highest BCUT2D eigenvalue weighted by Crippen LogP contribution is 2.28. The lowest BCUT2D eigenvalue weighted by atomic mass is 10.1. The van der Waals surface area contributed by atoms with Gasteiger partial charge in [-0.05, 0) is 48.5 Å². The second kappa shape index (κ2) is 6.83. The molecule has 0 spiro atoms. The van der Waals surface area contributed by atoms with Gasteiger partial charge in [0.2, 0.25) is 0 Å². The highest BCUT2D eigenvalue weighted by Gasteiger charge is 2.12. The lowest BCUT2D eigenvalue weighted by Gasteiger charge is -2.02. The van der Waals surface area contributed by atoms with Crippen molar-refractivity contribution < 1.29 is 14.6 Å². The van der Waals surface area contributed by atoms with Crippen LogP contribution in [-0.4, -0.2) is 28.4 Å². The number of benzene rings is 2. The number of carboxylic acid groups (broad SMARTS) is 1. The van der Waals surface area contributed by atoms with Crippen molar-refractivity contribution >= 4 is 17.3 Å². The molecular weight excluding hydrogens is 324 g/mol. The number of H-pyrrole nitrogens is 2. The number of azo groups is 1. The molecule has 0 aliphatic heterocycles. The van der Waals surface area contributed by atoms with Crippen molar-refractivity contribution in [1.82, 2.24) is 10.2 Å². The van der Waals surface area contributed by atoms with Gasteiger partial charge >= 0.3 is 5.97 Å². The monoisotopic (exact) mass is 338 g/mol. The van der Waals surface area contributed by atoms with Crippen LogP contribution in [0.2, 0.25) is 0 Å². The third kappa shape index (κ3) is 3.47. The summed E-state index contributed by atoms with van der Waals surface area (Å²) in [5.41, 5.74) is 1.56. The van der Waals surface area contributed by atoms with E-state index in [4.69, 9.17) is 9.84 Å². The average molecular weight is 338 g/mol. The zero-order valence-corrected chi connectivity index (χ0v) is 13.2. The number of nitrogens with zero attached hydrogens (tertiary/aromatic N) is 2. The van der Waals surface area contributed by atoms with Crippen molar-refractivity contribution in [2.45, 2.75) is 0 Å². The van der Waals surface area contributed by atoms with Gasteiger partial charge < -0.3 is 9.84 Å². The second-order valence-electron chi connectivity index (χ2n) is 5.08. The van der Waals surface area contributed by atoms with Crippen molar-refractivity contribution in [2.24, 2.45) is 10.2 Å². The standard InChI is InChI=1S/C17H14N4O4/c1-25-13-8-4-10(5-9-13)14-15(16(22)21-19-14)20-18-12-6-2-11(3-7-12)17(23)24/h2-9H,1H3,(H,23,24)(H2,19,21,22). The number of ether oxygens (including phenoxy) is 1. The summed E-state index contributed by atoms with van der Waals surface area (Å²) in [4.78, 5) is 22.8. The van der Waals surface area contributed by atoms with E-state index in [0.717, 1.165) is 5.56 Å². The predicted octanol–water partition coefficient (Wildman–Crippen LogP) is 3.49. The molecule has 0 saturated carbocycles. The number of methoxy groups -OCH3 is 1. The summed E-state index contributed by atoms with van der Waals surface area (Å²) in [5.74, 6) is -0.323. The highest BCUT2D eigenvalue weighted by atomic mass is 16.5. The van der Waals surface area contributed by atoms with Crippen LogP contribution in [-0.2, 0) is 0 Å². The second-order valence-corrected chi connectivity index (χ2v) is 5.08. The molecule has 8 heteroatoms. The fourth-order valence-corrected chi connectivity index (χ4v) is 2.19. The van der Waals surface area contributed by atoms with Crippen LogP contribution in [0.25, 0.3) is 11.3 Å². The zero-order chi connectivity index (χ0) is 17.8. The van der Waals surface area contributed by atoms with E-state index in [1.165, 1.54) is 24.3 Å². The fraction of sp³-hybridized carbons (Fsp3) is 0.0588. The normalized spacial score (nSPS) is 10.9. The summed E-state index contributed by atoms with van der Waals surface area (Å²) >= 11 is 0. The average Bonchev–Trinajstić information content (AvgIpc) is 3.01. The Bertz CT molecular complexity index is 969. The summed E-state index contributed by atoms with van der Waals surface area (Å²) < 4.78 is 5.11. The quantitative estimate of drug-likeness (QED) is 0.617. The van der Waals surface area contributed by atoms with Crippen molar-refractivity contribution in [3.8, 4) is 17.0 Å². The Morgan fingerprint density at radius 3 is 2.28 bits per heavy atom. The molecule has 0 aliphatic rings. The maximum Gasteiger partial charge on any atom is 0.335 e. The van der Waals surface area contributed by atoms with Gasteiger partial charge in [-0.15, -0.1) is 5.11 Å². The third-order valence-corrected chi connectivity index (χ3v) is 3.51. The van der Waals surface area contributed by atoms with E-state index in [9.17, 15) is 9.59 Å². The highest BCUT2D eigenvalue weighted by molar-refractivity contribution is 5.87. The Morgan fingerprint density at radius 1 is 1.00 bits per heavy atom. The number of aromatic amines is 2. The minimum absolute atomic E-state index is 0.132. The summed E-state index contributed by atoms with van der Waals surface area (Å²) in [6, 6.07) is 13.0. The van der Waals surface area contributed by atoms with Crippen LogP contribution in [0.5, 0.6) is 5.75 Å². The smallest absolute Gasteiger partial charge is 0.335 e. The number of aromatic carboxylic acids is 1. The molecule has 0 unspecified atom stereocenters. The van der Waals surface area contributed by atoms with Gasteiger partial charge in [-0.3, -0.25) is 15.0 Å². The molecule has 126 valence electrons. The van der Waals surface area contributed by atoms with E-state index in [1.54, 1.807) is 31.4 Å². The molecule has 1 aromatic heterocycles. The Hall–Kier alpha value is -3.68.